The molecule has 0 N–H and O–H groups in total. The maximum absolute atomic E-state index is 11.5. The minimum atomic E-state index is -5.39. The zero-order valence-electron chi connectivity index (χ0n) is 4.72. The molecule has 0 aliphatic heterocycles. The molecule has 0 atom stereocenters. The van der Waals surface area contributed by atoms with Gasteiger partial charge in [-0.2, -0.15) is 13.2 Å². The second-order valence-corrected chi connectivity index (χ2v) is 1.50. The highest BCUT2D eigenvalue weighted by Gasteiger charge is 2.54. The van der Waals surface area contributed by atoms with E-state index in [2.05, 4.69) is 0 Å². The fraction of sp³-hybridized carbons (Fsp3) is 0.333. The zero-order valence-corrected chi connectivity index (χ0v) is 4.72. The van der Waals surface area contributed by atoms with Crippen LogP contribution in [0.1, 0.15) is 0 Å². The lowest BCUT2D eigenvalue weighted by molar-refractivity contribution is 0.0718. The topological polar surface area (TPSA) is 0 Å². The normalized spacial score (nSPS) is 11.2. The van der Waals surface area contributed by atoms with Crippen LogP contribution in [-0.2, 0) is 0 Å². The van der Waals surface area contributed by atoms with Crippen molar-refractivity contribution in [1.82, 2.24) is 0 Å². The Morgan fingerprint density at radius 1 is 1.00 bits per heavy atom. The Morgan fingerprint density at radius 3 is 1.45 bits per heavy atom. The first-order chi connectivity index (χ1) is 4.80. The molecule has 0 radical (unpaired) electrons. The van der Waals surface area contributed by atoms with Gasteiger partial charge in [0, 0.05) is 0 Å². The Balaban J connectivity index is 4.70. The summed E-state index contributed by atoms with van der Waals surface area (Å²) < 4.78 is 78.6. The Labute approximate surface area is 56.9 Å². The SMILES string of the molecule is FB(F)C(F)(F)C(F)=C(F)F. The predicted octanol–water partition coefficient (Wildman–Crippen LogP) is 2.67. The van der Waals surface area contributed by atoms with Crippen LogP contribution in [0.5, 0.6) is 0 Å². The number of alkyl halides is 2. The van der Waals surface area contributed by atoms with Crippen LogP contribution in [0.25, 0.3) is 0 Å². The molecule has 11 heavy (non-hydrogen) atoms. The average Bonchev–Trinajstić information content (AvgIpc) is 1.85. The Hall–Kier alpha value is -0.685. The molecule has 0 aromatic carbocycles. The van der Waals surface area contributed by atoms with Crippen molar-refractivity contribution in [3.8, 4) is 0 Å². The fourth-order valence-electron chi connectivity index (χ4n) is 0.222. The Morgan fingerprint density at radius 2 is 1.36 bits per heavy atom. The first kappa shape index (κ1) is 10.3. The van der Waals surface area contributed by atoms with Crippen LogP contribution in [-0.4, -0.2) is 13.1 Å². The van der Waals surface area contributed by atoms with Crippen LogP contribution >= 0.6 is 0 Å². The molecule has 0 saturated heterocycles. The molecule has 0 fully saturated rings. The first-order valence-corrected chi connectivity index (χ1v) is 2.17. The van der Waals surface area contributed by atoms with Gasteiger partial charge in [-0.05, 0) is 0 Å². The summed E-state index contributed by atoms with van der Waals surface area (Å²) in [7, 11) is -4.47. The van der Waals surface area contributed by atoms with E-state index in [1.54, 1.807) is 0 Å². The third-order valence-electron chi connectivity index (χ3n) is 0.733. The van der Waals surface area contributed by atoms with Crippen molar-refractivity contribution in [3.63, 3.8) is 0 Å². The van der Waals surface area contributed by atoms with Gasteiger partial charge < -0.3 is 0 Å². The summed E-state index contributed by atoms with van der Waals surface area (Å²) in [4.78, 5) is 0. The van der Waals surface area contributed by atoms with E-state index in [0.29, 0.717) is 0 Å². The van der Waals surface area contributed by atoms with E-state index >= 15 is 0 Å². The molecule has 0 bridgehead atoms. The number of hydrogen-bond donors (Lipinski definition) is 0. The lowest BCUT2D eigenvalue weighted by Crippen LogP contribution is -2.31. The lowest BCUT2D eigenvalue weighted by atomic mass is 9.86. The summed E-state index contributed by atoms with van der Waals surface area (Å²) in [5.74, 6) is -8.77. The molecular weight excluding hydrogens is 180 g/mol. The van der Waals surface area contributed by atoms with Crippen molar-refractivity contribution in [2.75, 3.05) is 0 Å². The van der Waals surface area contributed by atoms with Gasteiger partial charge in [-0.1, -0.05) is 0 Å². The highest BCUT2D eigenvalue weighted by molar-refractivity contribution is 6.47. The molecule has 0 aromatic rings. The zero-order chi connectivity index (χ0) is 9.23. The van der Waals surface area contributed by atoms with Gasteiger partial charge >= 0.3 is 19.2 Å². The van der Waals surface area contributed by atoms with Crippen LogP contribution in [0.15, 0.2) is 11.9 Å². The summed E-state index contributed by atoms with van der Waals surface area (Å²) in [6.07, 6.45) is -3.43. The smallest absolute Gasteiger partial charge is 0.280 e. The van der Waals surface area contributed by atoms with Crippen molar-refractivity contribution in [1.29, 1.82) is 0 Å². The second-order valence-electron chi connectivity index (χ2n) is 1.50. The average molecular weight is 180 g/mol. The molecule has 0 aromatic heterocycles. The van der Waals surface area contributed by atoms with Gasteiger partial charge in [0.1, 0.15) is 0 Å². The number of halogens is 7. The quantitative estimate of drug-likeness (QED) is 0.452. The van der Waals surface area contributed by atoms with Crippen LogP contribution in [0.3, 0.4) is 0 Å². The monoisotopic (exact) mass is 180 g/mol. The lowest BCUT2D eigenvalue weighted by Gasteiger charge is -2.07. The van der Waals surface area contributed by atoms with E-state index in [-0.39, 0.29) is 0 Å². The van der Waals surface area contributed by atoms with Gasteiger partial charge in [0.05, 0.1) is 0 Å². The third kappa shape index (κ3) is 2.13. The summed E-state index contributed by atoms with van der Waals surface area (Å²) in [6, 6.07) is 0. The van der Waals surface area contributed by atoms with Crippen molar-refractivity contribution < 1.29 is 30.6 Å². The standard InChI is InChI=1S/C3BF7/c5-1(2(6)7)3(8,9)4(10)11. The molecule has 0 aliphatic carbocycles. The summed E-state index contributed by atoms with van der Waals surface area (Å²) in [6.45, 7) is 0. The van der Waals surface area contributed by atoms with Crippen molar-refractivity contribution in [3.05, 3.63) is 11.9 Å². The van der Waals surface area contributed by atoms with Gasteiger partial charge in [-0.15, -0.1) is 0 Å². The Bertz CT molecular complexity index is 169. The van der Waals surface area contributed by atoms with Crippen molar-refractivity contribution >= 4 is 7.27 Å². The van der Waals surface area contributed by atoms with Gasteiger partial charge in [-0.25, -0.2) is 8.78 Å². The molecule has 0 aliphatic rings. The van der Waals surface area contributed by atoms with Crippen LogP contribution in [0.2, 0.25) is 0 Å². The van der Waals surface area contributed by atoms with E-state index in [1.807, 2.05) is 0 Å². The number of allylic oxidation sites excluding steroid dienone is 1. The maximum atomic E-state index is 11.5. The first-order valence-electron chi connectivity index (χ1n) is 2.17. The Kier molecular flexibility index (Phi) is 2.95. The summed E-state index contributed by atoms with van der Waals surface area (Å²) >= 11 is 0. The van der Waals surface area contributed by atoms with Crippen molar-refractivity contribution in [2.45, 2.75) is 5.82 Å². The van der Waals surface area contributed by atoms with Gasteiger partial charge in [-0.3, -0.25) is 8.63 Å². The van der Waals surface area contributed by atoms with Crippen LogP contribution in [0.4, 0.5) is 30.6 Å². The van der Waals surface area contributed by atoms with E-state index in [4.69, 9.17) is 0 Å². The van der Waals surface area contributed by atoms with E-state index in [9.17, 15) is 30.6 Å². The molecular formula is C3BF7. The van der Waals surface area contributed by atoms with Gasteiger partial charge in [0.2, 0.25) is 5.83 Å². The highest BCUT2D eigenvalue weighted by atomic mass is 19.3. The predicted molar refractivity (Wildman–Crippen MR) is 23.3 cm³/mol. The highest BCUT2D eigenvalue weighted by Crippen LogP contribution is 2.32. The molecule has 0 amide bonds. The maximum Gasteiger partial charge on any atom is 0.617 e. The molecule has 0 spiro atoms. The molecule has 0 saturated carbocycles. The third-order valence-corrected chi connectivity index (χ3v) is 0.733. The van der Waals surface area contributed by atoms with E-state index in [1.165, 1.54) is 0 Å². The summed E-state index contributed by atoms with van der Waals surface area (Å²) in [5, 5.41) is 0. The van der Waals surface area contributed by atoms with Crippen LogP contribution in [0, 0.1) is 0 Å². The van der Waals surface area contributed by atoms with Crippen molar-refractivity contribution in [2.24, 2.45) is 0 Å². The number of rotatable bonds is 2. The number of hydrogen-bond acceptors (Lipinski definition) is 0. The summed E-state index contributed by atoms with van der Waals surface area (Å²) in [5.41, 5.74) is 0. The molecule has 8 heteroatoms. The van der Waals surface area contributed by atoms with E-state index < -0.39 is 25.0 Å². The molecule has 0 unspecified atom stereocenters. The molecule has 0 heterocycles. The molecule has 0 nitrogen and oxygen atoms in total. The van der Waals surface area contributed by atoms with Gasteiger partial charge in [0.25, 0.3) is 0 Å². The minimum Gasteiger partial charge on any atom is -0.280 e. The van der Waals surface area contributed by atoms with Crippen LogP contribution < -0.4 is 0 Å². The molecule has 64 valence electrons. The van der Waals surface area contributed by atoms with Gasteiger partial charge in [0.15, 0.2) is 0 Å². The minimum absolute atomic E-state index is 3.38. The molecule has 0 rings (SSSR count). The van der Waals surface area contributed by atoms with E-state index in [0.717, 1.165) is 0 Å². The second kappa shape index (κ2) is 3.14. The largest absolute Gasteiger partial charge is 0.617 e. The fourth-order valence-corrected chi connectivity index (χ4v) is 0.222.